The summed E-state index contributed by atoms with van der Waals surface area (Å²) in [6.07, 6.45) is 0. The zero-order valence-corrected chi connectivity index (χ0v) is 34.6. The van der Waals surface area contributed by atoms with Crippen LogP contribution in [-0.2, 0) is 5.41 Å². The SMILES string of the molecule is c1ccc(-c2ccc3c(c2)C(c2ccccc2)(c2ccccc2)c2cccc(-c4ccc(N(c5ccccc5)c5ccc6c(c5)c5ccccc5n6-c5ccccc5)cc4)c2-3)cc1. The molecule has 0 N–H and O–H groups in total. The first-order valence-electron chi connectivity index (χ1n) is 21.8. The number of hydrogen-bond donors (Lipinski definition) is 0. The predicted molar refractivity (Wildman–Crippen MR) is 264 cm³/mol. The van der Waals surface area contributed by atoms with Gasteiger partial charge in [-0.1, -0.05) is 188 Å². The van der Waals surface area contributed by atoms with E-state index >= 15 is 0 Å². The molecule has 0 atom stereocenters. The third-order valence-electron chi connectivity index (χ3n) is 13.1. The van der Waals surface area contributed by atoms with E-state index in [1.807, 2.05) is 0 Å². The van der Waals surface area contributed by atoms with Crippen molar-refractivity contribution in [3.8, 4) is 39.1 Å². The van der Waals surface area contributed by atoms with Crippen LogP contribution in [0.25, 0.3) is 60.9 Å². The fourth-order valence-corrected chi connectivity index (χ4v) is 10.4. The van der Waals surface area contributed by atoms with E-state index in [4.69, 9.17) is 0 Å². The number of aromatic nitrogens is 1. The maximum Gasteiger partial charge on any atom is 0.0714 e. The molecule has 0 unspecified atom stereocenters. The molecular weight excluding hydrogens is 761 g/mol. The topological polar surface area (TPSA) is 8.17 Å². The van der Waals surface area contributed by atoms with E-state index in [1.165, 1.54) is 77.4 Å². The average Bonchev–Trinajstić information content (AvgIpc) is 3.86. The van der Waals surface area contributed by atoms with Gasteiger partial charge in [0.1, 0.15) is 0 Å². The van der Waals surface area contributed by atoms with Crippen molar-refractivity contribution < 1.29 is 0 Å². The van der Waals surface area contributed by atoms with Crippen LogP contribution < -0.4 is 4.90 Å². The van der Waals surface area contributed by atoms with E-state index in [2.05, 4.69) is 264 Å². The van der Waals surface area contributed by atoms with Crippen LogP contribution in [0.2, 0.25) is 0 Å². The van der Waals surface area contributed by atoms with Crippen LogP contribution in [0.1, 0.15) is 22.3 Å². The molecule has 2 nitrogen and oxygen atoms in total. The van der Waals surface area contributed by atoms with Crippen LogP contribution in [0.15, 0.2) is 255 Å². The summed E-state index contributed by atoms with van der Waals surface area (Å²) < 4.78 is 2.37. The molecule has 10 aromatic carbocycles. The first-order chi connectivity index (χ1) is 31.3. The van der Waals surface area contributed by atoms with Crippen molar-refractivity contribution in [3.63, 3.8) is 0 Å². The highest BCUT2D eigenvalue weighted by Gasteiger charge is 2.47. The lowest BCUT2D eigenvalue weighted by molar-refractivity contribution is 0.769. The van der Waals surface area contributed by atoms with Crippen molar-refractivity contribution >= 4 is 38.9 Å². The fourth-order valence-electron chi connectivity index (χ4n) is 10.4. The molecule has 1 aromatic heterocycles. The van der Waals surface area contributed by atoms with E-state index in [0.717, 1.165) is 22.7 Å². The smallest absolute Gasteiger partial charge is 0.0714 e. The maximum atomic E-state index is 2.45. The van der Waals surface area contributed by atoms with E-state index in [9.17, 15) is 0 Å². The molecular formula is C61H42N2. The van der Waals surface area contributed by atoms with Gasteiger partial charge >= 0.3 is 0 Å². The van der Waals surface area contributed by atoms with Crippen LogP contribution >= 0.6 is 0 Å². The van der Waals surface area contributed by atoms with Gasteiger partial charge in [0.2, 0.25) is 0 Å². The average molecular weight is 803 g/mol. The van der Waals surface area contributed by atoms with E-state index < -0.39 is 5.41 Å². The highest BCUT2D eigenvalue weighted by Crippen LogP contribution is 2.59. The first kappa shape index (κ1) is 36.6. The van der Waals surface area contributed by atoms with Gasteiger partial charge in [0, 0.05) is 33.5 Å². The molecule has 0 saturated carbocycles. The predicted octanol–water partition coefficient (Wildman–Crippen LogP) is 16.0. The molecule has 1 aliphatic rings. The van der Waals surface area contributed by atoms with Gasteiger partial charge in [-0.25, -0.2) is 0 Å². The Morgan fingerprint density at radius 1 is 0.317 bits per heavy atom. The molecule has 0 bridgehead atoms. The Kier molecular flexibility index (Phi) is 8.76. The lowest BCUT2D eigenvalue weighted by Gasteiger charge is -2.34. The van der Waals surface area contributed by atoms with Crippen molar-refractivity contribution in [1.29, 1.82) is 0 Å². The number of anilines is 3. The Bertz CT molecular complexity index is 3370. The number of fused-ring (bicyclic) bond motifs is 6. The van der Waals surface area contributed by atoms with Crippen molar-refractivity contribution in [2.24, 2.45) is 0 Å². The third-order valence-corrected chi connectivity index (χ3v) is 13.1. The first-order valence-corrected chi connectivity index (χ1v) is 21.8. The lowest BCUT2D eigenvalue weighted by Crippen LogP contribution is -2.28. The molecule has 1 aliphatic carbocycles. The van der Waals surface area contributed by atoms with Gasteiger partial charge in [0.25, 0.3) is 0 Å². The largest absolute Gasteiger partial charge is 0.310 e. The van der Waals surface area contributed by atoms with Gasteiger partial charge in [-0.05, 0) is 122 Å². The number of para-hydroxylation sites is 3. The molecule has 0 spiro atoms. The minimum atomic E-state index is -0.514. The fraction of sp³-hybridized carbons (Fsp3) is 0.0164. The van der Waals surface area contributed by atoms with Gasteiger partial charge in [-0.15, -0.1) is 0 Å². The lowest BCUT2D eigenvalue weighted by atomic mass is 9.67. The number of rotatable bonds is 8. The Morgan fingerprint density at radius 3 is 1.57 bits per heavy atom. The summed E-state index contributed by atoms with van der Waals surface area (Å²) in [5.74, 6) is 0. The third kappa shape index (κ3) is 5.87. The molecule has 0 radical (unpaired) electrons. The van der Waals surface area contributed by atoms with Crippen molar-refractivity contribution in [2.75, 3.05) is 4.90 Å². The van der Waals surface area contributed by atoms with Crippen LogP contribution in [0.3, 0.4) is 0 Å². The highest BCUT2D eigenvalue weighted by molar-refractivity contribution is 6.10. The van der Waals surface area contributed by atoms with Gasteiger partial charge < -0.3 is 9.47 Å². The Morgan fingerprint density at radius 2 is 0.873 bits per heavy atom. The number of benzene rings is 10. The quantitative estimate of drug-likeness (QED) is 0.149. The molecule has 2 heteroatoms. The molecule has 0 amide bonds. The summed E-state index contributed by atoms with van der Waals surface area (Å²) in [5, 5.41) is 2.46. The van der Waals surface area contributed by atoms with Crippen molar-refractivity contribution in [1.82, 2.24) is 4.57 Å². The summed E-state index contributed by atoms with van der Waals surface area (Å²) in [7, 11) is 0. The highest BCUT2D eigenvalue weighted by atomic mass is 15.1. The summed E-state index contributed by atoms with van der Waals surface area (Å²) >= 11 is 0. The Balaban J connectivity index is 1.03. The Hall–Kier alpha value is -8.20. The van der Waals surface area contributed by atoms with Gasteiger partial charge in [0.15, 0.2) is 0 Å². The summed E-state index contributed by atoms with van der Waals surface area (Å²) in [4.78, 5) is 2.38. The monoisotopic (exact) mass is 802 g/mol. The van der Waals surface area contributed by atoms with Gasteiger partial charge in [0.05, 0.1) is 16.4 Å². The van der Waals surface area contributed by atoms with E-state index in [0.29, 0.717) is 0 Å². The maximum absolute atomic E-state index is 2.45. The van der Waals surface area contributed by atoms with Crippen LogP contribution in [-0.4, -0.2) is 4.57 Å². The van der Waals surface area contributed by atoms with Crippen LogP contribution in [0.4, 0.5) is 17.1 Å². The van der Waals surface area contributed by atoms with Crippen LogP contribution in [0, 0.1) is 0 Å². The zero-order chi connectivity index (χ0) is 41.7. The molecule has 0 aliphatic heterocycles. The molecule has 11 aromatic rings. The zero-order valence-electron chi connectivity index (χ0n) is 34.6. The Labute approximate surface area is 368 Å². The minimum absolute atomic E-state index is 0.514. The molecule has 0 saturated heterocycles. The normalized spacial score (nSPS) is 12.6. The van der Waals surface area contributed by atoms with E-state index in [-0.39, 0.29) is 0 Å². The molecule has 0 fully saturated rings. The van der Waals surface area contributed by atoms with Crippen molar-refractivity contribution in [2.45, 2.75) is 5.41 Å². The summed E-state index contributed by atoms with van der Waals surface area (Å²) in [6.45, 7) is 0. The van der Waals surface area contributed by atoms with Crippen LogP contribution in [0.5, 0.6) is 0 Å². The second-order valence-electron chi connectivity index (χ2n) is 16.4. The second kappa shape index (κ2) is 15.1. The molecule has 1 heterocycles. The molecule has 296 valence electrons. The summed E-state index contributed by atoms with van der Waals surface area (Å²) in [6, 6.07) is 93.2. The summed E-state index contributed by atoms with van der Waals surface area (Å²) in [5.41, 5.74) is 18.9. The number of hydrogen-bond acceptors (Lipinski definition) is 1. The molecule has 63 heavy (non-hydrogen) atoms. The second-order valence-corrected chi connectivity index (χ2v) is 16.4. The van der Waals surface area contributed by atoms with E-state index in [1.54, 1.807) is 0 Å². The number of nitrogens with zero attached hydrogens (tertiary/aromatic N) is 2. The minimum Gasteiger partial charge on any atom is -0.310 e. The van der Waals surface area contributed by atoms with Crippen molar-refractivity contribution in [3.05, 3.63) is 277 Å². The van der Waals surface area contributed by atoms with Gasteiger partial charge in [-0.2, -0.15) is 0 Å². The van der Waals surface area contributed by atoms with Gasteiger partial charge in [-0.3, -0.25) is 0 Å². The molecule has 12 rings (SSSR count). The standard InChI is InChI=1S/C61H42N2/c1-6-19-43(20-7-1)45-35-39-54-57(41-45)61(46-21-8-2-9-22-46,47-23-10-3-11-24-47)56-31-18-30-52(60(54)56)44-33-36-50(37-34-44)62(48-25-12-4-13-26-48)51-38-40-59-55(42-51)53-29-16-17-32-58(53)63(59)49-27-14-5-15-28-49/h1-42H.